The number of alkyl halides is 1. The summed E-state index contributed by atoms with van der Waals surface area (Å²) in [5, 5.41) is 8.72. The largest absolute Gasteiger partial charge is 0.265 e. The molecular formula is C9H9BrN4. The zero-order valence-electron chi connectivity index (χ0n) is 7.47. The third-order valence-electron chi connectivity index (χ3n) is 1.82. The van der Waals surface area contributed by atoms with E-state index < -0.39 is 0 Å². The molecule has 2 aromatic heterocycles. The van der Waals surface area contributed by atoms with Gasteiger partial charge in [-0.3, -0.25) is 4.98 Å². The van der Waals surface area contributed by atoms with Gasteiger partial charge in [-0.1, -0.05) is 21.1 Å². The number of aromatic nitrogens is 4. The SMILES string of the molecule is BrCc1cn(Cc2ccncc2)nn1. The van der Waals surface area contributed by atoms with Crippen LogP contribution in [0.3, 0.4) is 0 Å². The highest BCUT2D eigenvalue weighted by atomic mass is 79.9. The fraction of sp³-hybridized carbons (Fsp3) is 0.222. The van der Waals surface area contributed by atoms with E-state index in [0.29, 0.717) is 0 Å². The number of hydrogen-bond donors (Lipinski definition) is 0. The second kappa shape index (κ2) is 4.32. The quantitative estimate of drug-likeness (QED) is 0.780. The fourth-order valence-electron chi connectivity index (χ4n) is 1.15. The van der Waals surface area contributed by atoms with Gasteiger partial charge in [0.15, 0.2) is 0 Å². The molecule has 0 spiro atoms. The van der Waals surface area contributed by atoms with E-state index in [1.54, 1.807) is 12.4 Å². The summed E-state index contributed by atoms with van der Waals surface area (Å²) in [4.78, 5) is 3.96. The van der Waals surface area contributed by atoms with Crippen molar-refractivity contribution in [3.05, 3.63) is 42.0 Å². The molecule has 0 unspecified atom stereocenters. The Morgan fingerprint density at radius 3 is 2.71 bits per heavy atom. The van der Waals surface area contributed by atoms with Gasteiger partial charge in [0.1, 0.15) is 0 Å². The van der Waals surface area contributed by atoms with Crippen LogP contribution in [0.5, 0.6) is 0 Å². The van der Waals surface area contributed by atoms with Gasteiger partial charge in [0.25, 0.3) is 0 Å². The van der Waals surface area contributed by atoms with Gasteiger partial charge in [-0.15, -0.1) is 5.10 Å². The zero-order valence-corrected chi connectivity index (χ0v) is 9.05. The topological polar surface area (TPSA) is 43.6 Å². The molecule has 0 fully saturated rings. The predicted octanol–water partition coefficient (Wildman–Crippen LogP) is 1.62. The minimum Gasteiger partial charge on any atom is -0.265 e. The summed E-state index contributed by atoms with van der Waals surface area (Å²) in [6.07, 6.45) is 5.48. The van der Waals surface area contributed by atoms with Crippen molar-refractivity contribution in [1.29, 1.82) is 0 Å². The predicted molar refractivity (Wildman–Crippen MR) is 56.0 cm³/mol. The van der Waals surface area contributed by atoms with Crippen LogP contribution in [0.2, 0.25) is 0 Å². The molecule has 0 aromatic carbocycles. The van der Waals surface area contributed by atoms with Crippen molar-refractivity contribution < 1.29 is 0 Å². The van der Waals surface area contributed by atoms with E-state index in [4.69, 9.17) is 0 Å². The van der Waals surface area contributed by atoms with Gasteiger partial charge in [0.05, 0.1) is 12.2 Å². The standard InChI is InChI=1S/C9H9BrN4/c10-5-9-7-14(13-12-9)6-8-1-3-11-4-2-8/h1-4,7H,5-6H2. The number of rotatable bonds is 3. The van der Waals surface area contributed by atoms with Crippen molar-refractivity contribution in [2.24, 2.45) is 0 Å². The Morgan fingerprint density at radius 1 is 1.29 bits per heavy atom. The molecule has 0 atom stereocenters. The van der Waals surface area contributed by atoms with E-state index in [-0.39, 0.29) is 0 Å². The summed E-state index contributed by atoms with van der Waals surface area (Å²) in [6.45, 7) is 0.739. The Labute approximate surface area is 90.1 Å². The van der Waals surface area contributed by atoms with Gasteiger partial charge < -0.3 is 0 Å². The van der Waals surface area contributed by atoms with Crippen LogP contribution < -0.4 is 0 Å². The Kier molecular flexibility index (Phi) is 2.88. The number of nitrogens with zero attached hydrogens (tertiary/aromatic N) is 4. The molecule has 2 rings (SSSR count). The molecule has 0 aliphatic carbocycles. The molecule has 0 aliphatic rings. The summed E-state index contributed by atoms with van der Waals surface area (Å²) >= 11 is 3.33. The average Bonchev–Trinajstić information content (AvgIpc) is 2.67. The molecule has 0 amide bonds. The van der Waals surface area contributed by atoms with Crippen molar-refractivity contribution in [1.82, 2.24) is 20.0 Å². The highest BCUT2D eigenvalue weighted by Crippen LogP contribution is 2.03. The van der Waals surface area contributed by atoms with Gasteiger partial charge >= 0.3 is 0 Å². The Balaban J connectivity index is 2.11. The normalized spacial score (nSPS) is 10.4. The Hall–Kier alpha value is -1.23. The summed E-state index contributed by atoms with van der Waals surface area (Å²) in [6, 6.07) is 3.94. The van der Waals surface area contributed by atoms with Gasteiger partial charge in [0.2, 0.25) is 0 Å². The molecule has 0 saturated heterocycles. The van der Waals surface area contributed by atoms with Gasteiger partial charge in [-0.2, -0.15) is 0 Å². The Morgan fingerprint density at radius 2 is 2.07 bits per heavy atom. The maximum Gasteiger partial charge on any atom is 0.0932 e. The third-order valence-corrected chi connectivity index (χ3v) is 2.39. The molecular weight excluding hydrogens is 244 g/mol. The molecule has 0 radical (unpaired) electrons. The van der Waals surface area contributed by atoms with Crippen LogP contribution in [0.15, 0.2) is 30.7 Å². The van der Waals surface area contributed by atoms with Crippen molar-refractivity contribution in [2.45, 2.75) is 11.9 Å². The lowest BCUT2D eigenvalue weighted by Gasteiger charge is -1.98. The van der Waals surface area contributed by atoms with E-state index in [0.717, 1.165) is 17.6 Å². The maximum atomic E-state index is 4.00. The van der Waals surface area contributed by atoms with E-state index in [1.807, 2.05) is 23.0 Å². The first-order valence-corrected chi connectivity index (χ1v) is 5.34. The maximum absolute atomic E-state index is 4.00. The molecule has 72 valence electrons. The van der Waals surface area contributed by atoms with Gasteiger partial charge in [-0.05, 0) is 17.7 Å². The van der Waals surface area contributed by atoms with E-state index >= 15 is 0 Å². The molecule has 14 heavy (non-hydrogen) atoms. The summed E-state index contributed by atoms with van der Waals surface area (Å²) < 4.78 is 1.81. The van der Waals surface area contributed by atoms with Crippen LogP contribution in [0.1, 0.15) is 11.3 Å². The fourth-order valence-corrected chi connectivity index (χ4v) is 1.41. The van der Waals surface area contributed by atoms with E-state index in [1.165, 1.54) is 5.56 Å². The zero-order chi connectivity index (χ0) is 9.80. The second-order valence-electron chi connectivity index (χ2n) is 2.90. The lowest BCUT2D eigenvalue weighted by molar-refractivity contribution is 0.649. The summed E-state index contributed by atoms with van der Waals surface area (Å²) in [5.74, 6) is 0. The van der Waals surface area contributed by atoms with E-state index in [9.17, 15) is 0 Å². The minimum atomic E-state index is 0.739. The van der Waals surface area contributed by atoms with Crippen LogP contribution in [-0.2, 0) is 11.9 Å². The number of hydrogen-bond acceptors (Lipinski definition) is 3. The van der Waals surface area contributed by atoms with Crippen molar-refractivity contribution >= 4 is 15.9 Å². The van der Waals surface area contributed by atoms with Gasteiger partial charge in [-0.25, -0.2) is 4.68 Å². The van der Waals surface area contributed by atoms with Crippen LogP contribution in [0, 0.1) is 0 Å². The Bertz CT molecular complexity index is 398. The highest BCUT2D eigenvalue weighted by Gasteiger charge is 1.99. The lowest BCUT2D eigenvalue weighted by atomic mass is 10.3. The van der Waals surface area contributed by atoms with Crippen LogP contribution in [-0.4, -0.2) is 20.0 Å². The molecule has 2 aromatic rings. The lowest BCUT2D eigenvalue weighted by Crippen LogP contribution is -2.00. The first kappa shape index (κ1) is 9.33. The second-order valence-corrected chi connectivity index (χ2v) is 3.46. The van der Waals surface area contributed by atoms with Crippen molar-refractivity contribution in [3.63, 3.8) is 0 Å². The molecule has 0 N–H and O–H groups in total. The number of halogens is 1. The first-order valence-electron chi connectivity index (χ1n) is 4.22. The van der Waals surface area contributed by atoms with Gasteiger partial charge in [0, 0.05) is 23.9 Å². The molecule has 0 saturated carbocycles. The molecule has 5 heteroatoms. The summed E-state index contributed by atoms with van der Waals surface area (Å²) in [5.41, 5.74) is 2.12. The summed E-state index contributed by atoms with van der Waals surface area (Å²) in [7, 11) is 0. The van der Waals surface area contributed by atoms with Crippen LogP contribution in [0.25, 0.3) is 0 Å². The first-order chi connectivity index (χ1) is 6.88. The third kappa shape index (κ3) is 2.17. The number of pyridine rings is 1. The van der Waals surface area contributed by atoms with Crippen LogP contribution >= 0.6 is 15.9 Å². The van der Waals surface area contributed by atoms with Crippen LogP contribution in [0.4, 0.5) is 0 Å². The molecule has 2 heterocycles. The van der Waals surface area contributed by atoms with E-state index in [2.05, 4.69) is 31.2 Å². The van der Waals surface area contributed by atoms with Crippen molar-refractivity contribution in [2.75, 3.05) is 0 Å². The monoisotopic (exact) mass is 252 g/mol. The van der Waals surface area contributed by atoms with Crippen molar-refractivity contribution in [3.8, 4) is 0 Å². The minimum absolute atomic E-state index is 0.739. The molecule has 4 nitrogen and oxygen atoms in total. The highest BCUT2D eigenvalue weighted by molar-refractivity contribution is 9.08. The average molecular weight is 253 g/mol. The molecule has 0 bridgehead atoms. The molecule has 0 aliphatic heterocycles. The smallest absolute Gasteiger partial charge is 0.0932 e.